The number of benzene rings is 3. The fraction of sp³-hybridized carbons (Fsp3) is 0.148. The third-order valence-electron chi connectivity index (χ3n) is 5.66. The molecular weight excluding hydrogens is 483 g/mol. The zero-order valence-corrected chi connectivity index (χ0v) is 20.5. The van der Waals surface area contributed by atoms with Crippen LogP contribution in [0.1, 0.15) is 35.9 Å². The Bertz CT molecular complexity index is 1510. The fourth-order valence-corrected chi connectivity index (χ4v) is 4.04. The Morgan fingerprint density at radius 3 is 2.49 bits per heavy atom. The summed E-state index contributed by atoms with van der Waals surface area (Å²) in [5, 5.41) is 12.9. The first kappa shape index (κ1) is 23.1. The lowest BCUT2D eigenvalue weighted by Crippen LogP contribution is -2.10. The molecule has 2 aromatic heterocycles. The lowest BCUT2D eigenvalue weighted by Gasteiger charge is -2.03. The molecule has 35 heavy (non-hydrogen) atoms. The summed E-state index contributed by atoms with van der Waals surface area (Å²) in [5.74, 6) is 0.330. The van der Waals surface area contributed by atoms with Crippen molar-refractivity contribution in [3.63, 3.8) is 0 Å². The number of halogens is 2. The van der Waals surface area contributed by atoms with Crippen molar-refractivity contribution >= 4 is 45.8 Å². The first-order chi connectivity index (χ1) is 17.0. The first-order valence-electron chi connectivity index (χ1n) is 11.3. The van der Waals surface area contributed by atoms with E-state index in [0.717, 1.165) is 23.2 Å². The number of furan rings is 1. The molecule has 8 heteroatoms. The van der Waals surface area contributed by atoms with Gasteiger partial charge in [0.25, 0.3) is 5.91 Å². The molecule has 3 aromatic carbocycles. The predicted molar refractivity (Wildman–Crippen MR) is 140 cm³/mol. The average molecular weight is 505 g/mol. The monoisotopic (exact) mass is 504 g/mol. The van der Waals surface area contributed by atoms with Gasteiger partial charge in [-0.15, -0.1) is 10.2 Å². The van der Waals surface area contributed by atoms with Gasteiger partial charge in [0.15, 0.2) is 5.76 Å². The first-order valence-corrected chi connectivity index (χ1v) is 12.1. The molecule has 0 saturated carbocycles. The van der Waals surface area contributed by atoms with Gasteiger partial charge in [0, 0.05) is 11.3 Å². The summed E-state index contributed by atoms with van der Waals surface area (Å²) in [4.78, 5) is 14.4. The van der Waals surface area contributed by atoms with E-state index in [2.05, 4.69) is 34.6 Å². The number of hydrogen-bond acceptors (Lipinski definition) is 4. The van der Waals surface area contributed by atoms with Gasteiger partial charge in [-0.05, 0) is 79.1 Å². The highest BCUT2D eigenvalue weighted by molar-refractivity contribution is 6.42. The molecule has 6 nitrogen and oxygen atoms in total. The molecule has 2 heterocycles. The molecular formula is C27H22Cl2N4O2. The van der Waals surface area contributed by atoms with Crippen LogP contribution in [0.5, 0.6) is 0 Å². The summed E-state index contributed by atoms with van der Waals surface area (Å²) in [5.41, 5.74) is 4.92. The van der Waals surface area contributed by atoms with Crippen LogP contribution in [0.15, 0.2) is 77.2 Å². The standard InChI is InChI=1S/C27H22Cl2N4O2/c1-2-3-4-17-5-9-20(10-6-17)33-31-23-12-8-19(16-24(23)32-33)30-27(34)26-14-13-25(35-26)18-7-11-21(28)22(29)15-18/h5-16H,2-4H2,1H3,(H,30,34). The second kappa shape index (κ2) is 9.94. The zero-order chi connectivity index (χ0) is 24.4. The summed E-state index contributed by atoms with van der Waals surface area (Å²) < 4.78 is 5.74. The van der Waals surface area contributed by atoms with E-state index in [1.807, 2.05) is 18.2 Å². The molecule has 0 aliphatic rings. The van der Waals surface area contributed by atoms with Crippen molar-refractivity contribution in [2.75, 3.05) is 5.32 Å². The van der Waals surface area contributed by atoms with Gasteiger partial charge in [0.2, 0.25) is 0 Å². The largest absolute Gasteiger partial charge is 0.451 e. The fourth-order valence-electron chi connectivity index (χ4n) is 3.74. The maximum Gasteiger partial charge on any atom is 0.291 e. The molecule has 0 spiro atoms. The molecule has 5 aromatic rings. The number of aryl methyl sites for hydroxylation is 1. The third-order valence-corrected chi connectivity index (χ3v) is 6.40. The van der Waals surface area contributed by atoms with Gasteiger partial charge < -0.3 is 9.73 Å². The van der Waals surface area contributed by atoms with E-state index in [4.69, 9.17) is 27.6 Å². The Kier molecular flexibility index (Phi) is 6.57. The van der Waals surface area contributed by atoms with E-state index in [1.165, 1.54) is 18.4 Å². The number of fused-ring (bicyclic) bond motifs is 1. The normalized spacial score (nSPS) is 11.2. The molecule has 0 aliphatic heterocycles. The number of nitrogens with one attached hydrogen (secondary N) is 1. The summed E-state index contributed by atoms with van der Waals surface area (Å²) >= 11 is 12.1. The van der Waals surface area contributed by atoms with Crippen molar-refractivity contribution in [2.24, 2.45) is 0 Å². The smallest absolute Gasteiger partial charge is 0.291 e. The second-order valence-corrected chi connectivity index (χ2v) is 9.02. The van der Waals surface area contributed by atoms with Crippen molar-refractivity contribution in [3.05, 3.63) is 94.2 Å². The van der Waals surface area contributed by atoms with Gasteiger partial charge >= 0.3 is 0 Å². The topological polar surface area (TPSA) is 73.0 Å². The van der Waals surface area contributed by atoms with Crippen molar-refractivity contribution in [3.8, 4) is 17.0 Å². The lowest BCUT2D eigenvalue weighted by molar-refractivity contribution is 0.0997. The molecule has 5 rings (SSSR count). The van der Waals surface area contributed by atoms with E-state index in [9.17, 15) is 4.79 Å². The van der Waals surface area contributed by atoms with Crippen LogP contribution in [-0.2, 0) is 6.42 Å². The molecule has 0 fully saturated rings. The Morgan fingerprint density at radius 2 is 1.71 bits per heavy atom. The second-order valence-electron chi connectivity index (χ2n) is 8.21. The number of hydrogen-bond donors (Lipinski definition) is 1. The highest BCUT2D eigenvalue weighted by atomic mass is 35.5. The van der Waals surface area contributed by atoms with Crippen LogP contribution in [0, 0.1) is 0 Å². The van der Waals surface area contributed by atoms with Crippen LogP contribution in [0.2, 0.25) is 10.0 Å². The van der Waals surface area contributed by atoms with Crippen LogP contribution in [0.25, 0.3) is 28.0 Å². The number of amides is 1. The third kappa shape index (κ3) is 5.09. The van der Waals surface area contributed by atoms with Gasteiger partial charge in [-0.25, -0.2) is 0 Å². The van der Waals surface area contributed by atoms with E-state index < -0.39 is 0 Å². The molecule has 0 bridgehead atoms. The zero-order valence-electron chi connectivity index (χ0n) is 19.0. The quantitative estimate of drug-likeness (QED) is 0.247. The van der Waals surface area contributed by atoms with Crippen molar-refractivity contribution in [2.45, 2.75) is 26.2 Å². The predicted octanol–water partition coefficient (Wildman–Crippen LogP) is 7.58. The SMILES string of the molecule is CCCCc1ccc(-n2nc3ccc(NC(=O)c4ccc(-c5ccc(Cl)c(Cl)c5)o4)cc3n2)cc1. The maximum atomic E-state index is 12.8. The minimum absolute atomic E-state index is 0.179. The van der Waals surface area contributed by atoms with Crippen molar-refractivity contribution in [1.82, 2.24) is 15.0 Å². The number of unbranched alkanes of at least 4 members (excludes halogenated alkanes) is 1. The molecule has 0 aliphatic carbocycles. The number of aromatic nitrogens is 3. The van der Waals surface area contributed by atoms with E-state index in [1.54, 1.807) is 47.3 Å². The van der Waals surface area contributed by atoms with Gasteiger partial charge in [-0.3, -0.25) is 4.79 Å². The molecule has 0 atom stereocenters. The molecule has 1 amide bonds. The Balaban J connectivity index is 1.31. The summed E-state index contributed by atoms with van der Waals surface area (Å²) in [7, 11) is 0. The number of rotatable bonds is 7. The number of anilines is 1. The lowest BCUT2D eigenvalue weighted by atomic mass is 10.1. The molecule has 0 saturated heterocycles. The van der Waals surface area contributed by atoms with Crippen LogP contribution in [-0.4, -0.2) is 20.9 Å². The minimum atomic E-state index is -0.370. The summed E-state index contributed by atoms with van der Waals surface area (Å²) in [6.45, 7) is 2.19. The number of carbonyl (C=O) groups is 1. The summed E-state index contributed by atoms with van der Waals surface area (Å²) in [6.07, 6.45) is 3.41. The highest BCUT2D eigenvalue weighted by Crippen LogP contribution is 2.30. The minimum Gasteiger partial charge on any atom is -0.451 e. The average Bonchev–Trinajstić information content (AvgIpc) is 3.52. The Morgan fingerprint density at radius 1 is 0.914 bits per heavy atom. The van der Waals surface area contributed by atoms with E-state index in [0.29, 0.717) is 27.0 Å². The van der Waals surface area contributed by atoms with Gasteiger partial charge in [0.05, 0.1) is 15.7 Å². The van der Waals surface area contributed by atoms with Crippen LogP contribution < -0.4 is 5.32 Å². The van der Waals surface area contributed by atoms with Gasteiger partial charge in [0.1, 0.15) is 16.8 Å². The van der Waals surface area contributed by atoms with Crippen LogP contribution >= 0.6 is 23.2 Å². The van der Waals surface area contributed by atoms with E-state index in [-0.39, 0.29) is 11.7 Å². The van der Waals surface area contributed by atoms with Gasteiger partial charge in [-0.1, -0.05) is 48.7 Å². The molecule has 0 radical (unpaired) electrons. The maximum absolute atomic E-state index is 12.8. The number of carbonyl (C=O) groups excluding carboxylic acids is 1. The van der Waals surface area contributed by atoms with Gasteiger partial charge in [-0.2, -0.15) is 4.80 Å². The van der Waals surface area contributed by atoms with Crippen LogP contribution in [0.3, 0.4) is 0 Å². The summed E-state index contributed by atoms with van der Waals surface area (Å²) in [6, 6.07) is 22.2. The highest BCUT2D eigenvalue weighted by Gasteiger charge is 2.14. The molecule has 1 N–H and O–H groups in total. The van der Waals surface area contributed by atoms with E-state index >= 15 is 0 Å². The molecule has 176 valence electrons. The van der Waals surface area contributed by atoms with Crippen molar-refractivity contribution < 1.29 is 9.21 Å². The van der Waals surface area contributed by atoms with Crippen LogP contribution in [0.4, 0.5) is 5.69 Å². The number of nitrogens with zero attached hydrogens (tertiary/aromatic N) is 3. The Labute approximate surface area is 212 Å². The van der Waals surface area contributed by atoms with Crippen molar-refractivity contribution in [1.29, 1.82) is 0 Å². The Hall–Kier alpha value is -3.61. The molecule has 0 unspecified atom stereocenters.